The second kappa shape index (κ2) is 5.47. The van der Waals surface area contributed by atoms with Gasteiger partial charge in [-0.1, -0.05) is 0 Å². The van der Waals surface area contributed by atoms with Crippen LogP contribution in [0.5, 0.6) is 0 Å². The van der Waals surface area contributed by atoms with Gasteiger partial charge in [0.1, 0.15) is 5.03 Å². The van der Waals surface area contributed by atoms with Crippen molar-refractivity contribution in [3.8, 4) is 0 Å². The molecule has 0 unspecified atom stereocenters. The van der Waals surface area contributed by atoms with E-state index < -0.39 is 0 Å². The second-order valence-electron chi connectivity index (χ2n) is 4.02. The topological polar surface area (TPSA) is 37.8 Å². The van der Waals surface area contributed by atoms with Gasteiger partial charge in [-0.15, -0.1) is 16.9 Å². The van der Waals surface area contributed by atoms with E-state index in [0.29, 0.717) is 0 Å². The van der Waals surface area contributed by atoms with Gasteiger partial charge in [-0.3, -0.25) is 0 Å². The summed E-state index contributed by atoms with van der Waals surface area (Å²) in [6.45, 7) is 4.31. The molecule has 1 aromatic heterocycles. The average molecular weight is 223 g/mol. The van der Waals surface area contributed by atoms with Crippen molar-refractivity contribution >= 4 is 11.8 Å². The fourth-order valence-corrected chi connectivity index (χ4v) is 2.72. The van der Waals surface area contributed by atoms with E-state index in [0.717, 1.165) is 16.6 Å². The van der Waals surface area contributed by atoms with E-state index in [1.54, 1.807) is 0 Å². The number of nitrogens with zero attached hydrogens (tertiary/aromatic N) is 2. The van der Waals surface area contributed by atoms with Crippen molar-refractivity contribution in [1.29, 1.82) is 0 Å². The van der Waals surface area contributed by atoms with E-state index in [9.17, 15) is 0 Å². The maximum atomic E-state index is 4.16. The van der Waals surface area contributed by atoms with Gasteiger partial charge in [0.25, 0.3) is 0 Å². The van der Waals surface area contributed by atoms with Crippen LogP contribution in [0.3, 0.4) is 0 Å². The first-order chi connectivity index (χ1) is 7.34. The van der Waals surface area contributed by atoms with E-state index in [1.807, 2.05) is 24.8 Å². The molecule has 15 heavy (non-hydrogen) atoms. The number of nitrogens with one attached hydrogen (secondary N) is 1. The van der Waals surface area contributed by atoms with E-state index in [2.05, 4.69) is 21.6 Å². The fourth-order valence-electron chi connectivity index (χ4n) is 1.72. The minimum absolute atomic E-state index is 0.847. The molecule has 0 atom stereocenters. The molecule has 0 radical (unpaired) electrons. The van der Waals surface area contributed by atoms with Gasteiger partial charge in [0.05, 0.1) is 5.69 Å². The molecule has 0 saturated carbocycles. The van der Waals surface area contributed by atoms with Gasteiger partial charge >= 0.3 is 0 Å². The molecule has 0 amide bonds. The summed E-state index contributed by atoms with van der Waals surface area (Å²) in [5.74, 6) is 2.03. The molecule has 3 nitrogen and oxygen atoms in total. The SMILES string of the molecule is Cc1ccc(SCC2CCNCC2)nn1. The predicted octanol–water partition coefficient (Wildman–Crippen LogP) is 1.88. The quantitative estimate of drug-likeness (QED) is 0.794. The normalized spacial score (nSPS) is 17.9. The molecule has 0 spiro atoms. The lowest BCUT2D eigenvalue weighted by Crippen LogP contribution is -2.28. The largest absolute Gasteiger partial charge is 0.317 e. The zero-order chi connectivity index (χ0) is 10.5. The first-order valence-electron chi connectivity index (χ1n) is 5.48. The summed E-state index contributed by atoms with van der Waals surface area (Å²) in [5.41, 5.74) is 0.987. The van der Waals surface area contributed by atoms with Crippen LogP contribution in [-0.2, 0) is 0 Å². The lowest BCUT2D eigenvalue weighted by Gasteiger charge is -2.21. The van der Waals surface area contributed by atoms with Crippen LogP contribution < -0.4 is 5.32 Å². The Kier molecular flexibility index (Phi) is 3.97. The molecule has 1 fully saturated rings. The molecule has 1 aliphatic rings. The number of hydrogen-bond acceptors (Lipinski definition) is 4. The fraction of sp³-hybridized carbons (Fsp3) is 0.636. The molecule has 1 aromatic rings. The maximum absolute atomic E-state index is 4.16. The van der Waals surface area contributed by atoms with Crippen molar-refractivity contribution in [3.63, 3.8) is 0 Å². The number of piperidine rings is 1. The van der Waals surface area contributed by atoms with Gasteiger partial charge in [-0.25, -0.2) is 0 Å². The average Bonchev–Trinajstić information content (AvgIpc) is 2.30. The smallest absolute Gasteiger partial charge is 0.119 e. The highest BCUT2D eigenvalue weighted by molar-refractivity contribution is 7.99. The summed E-state index contributed by atoms with van der Waals surface area (Å²) in [7, 11) is 0. The Bertz CT molecular complexity index is 293. The summed E-state index contributed by atoms with van der Waals surface area (Å²) in [4.78, 5) is 0. The highest BCUT2D eigenvalue weighted by atomic mass is 32.2. The highest BCUT2D eigenvalue weighted by Gasteiger charge is 2.13. The molecule has 4 heteroatoms. The highest BCUT2D eigenvalue weighted by Crippen LogP contribution is 2.22. The van der Waals surface area contributed by atoms with Gasteiger partial charge < -0.3 is 5.32 Å². The minimum Gasteiger partial charge on any atom is -0.317 e. The lowest BCUT2D eigenvalue weighted by molar-refractivity contribution is 0.408. The predicted molar refractivity (Wildman–Crippen MR) is 63.1 cm³/mol. The summed E-state index contributed by atoms with van der Waals surface area (Å²) in [5, 5.41) is 12.7. The monoisotopic (exact) mass is 223 g/mol. The summed E-state index contributed by atoms with van der Waals surface area (Å²) in [6, 6.07) is 4.09. The molecule has 2 rings (SSSR count). The number of thioether (sulfide) groups is 1. The number of aromatic nitrogens is 2. The van der Waals surface area contributed by atoms with E-state index in [-0.39, 0.29) is 0 Å². The van der Waals surface area contributed by atoms with Crippen LogP contribution in [0.15, 0.2) is 17.2 Å². The molecule has 1 aliphatic heterocycles. The van der Waals surface area contributed by atoms with Crippen LogP contribution in [0.1, 0.15) is 18.5 Å². The van der Waals surface area contributed by atoms with Crippen LogP contribution in [0.4, 0.5) is 0 Å². The summed E-state index contributed by atoms with van der Waals surface area (Å²) >= 11 is 1.83. The van der Waals surface area contributed by atoms with Gasteiger partial charge in [0.2, 0.25) is 0 Å². The molecule has 1 N–H and O–H groups in total. The third-order valence-corrected chi connectivity index (χ3v) is 3.85. The second-order valence-corrected chi connectivity index (χ2v) is 5.06. The van der Waals surface area contributed by atoms with Gasteiger partial charge in [0.15, 0.2) is 0 Å². The molecule has 0 bridgehead atoms. The molecule has 1 saturated heterocycles. The molecule has 0 aliphatic carbocycles. The third-order valence-electron chi connectivity index (χ3n) is 2.70. The standard InChI is InChI=1S/C11H17N3S/c1-9-2-3-11(14-13-9)15-8-10-4-6-12-7-5-10/h2-3,10,12H,4-8H2,1H3. The number of rotatable bonds is 3. The molecular weight excluding hydrogens is 206 g/mol. The Labute approximate surface area is 95.1 Å². The van der Waals surface area contributed by atoms with Crippen LogP contribution in [-0.4, -0.2) is 29.0 Å². The van der Waals surface area contributed by atoms with Crippen LogP contribution >= 0.6 is 11.8 Å². The van der Waals surface area contributed by atoms with Crippen molar-refractivity contribution in [2.24, 2.45) is 5.92 Å². The Morgan fingerprint density at radius 2 is 2.13 bits per heavy atom. The van der Waals surface area contributed by atoms with Crippen molar-refractivity contribution in [2.75, 3.05) is 18.8 Å². The van der Waals surface area contributed by atoms with Crippen molar-refractivity contribution in [2.45, 2.75) is 24.8 Å². The summed E-state index contributed by atoms with van der Waals surface area (Å²) < 4.78 is 0. The Morgan fingerprint density at radius 1 is 1.33 bits per heavy atom. The van der Waals surface area contributed by atoms with E-state index in [1.165, 1.54) is 31.7 Å². The Hall–Kier alpha value is -0.610. The zero-order valence-corrected chi connectivity index (χ0v) is 9.89. The Morgan fingerprint density at radius 3 is 2.80 bits per heavy atom. The number of aryl methyl sites for hydroxylation is 1. The van der Waals surface area contributed by atoms with Crippen molar-refractivity contribution < 1.29 is 0 Å². The van der Waals surface area contributed by atoms with Gasteiger partial charge in [0, 0.05) is 5.75 Å². The van der Waals surface area contributed by atoms with E-state index >= 15 is 0 Å². The van der Waals surface area contributed by atoms with E-state index in [4.69, 9.17) is 0 Å². The van der Waals surface area contributed by atoms with Crippen LogP contribution in [0.25, 0.3) is 0 Å². The van der Waals surface area contributed by atoms with Crippen LogP contribution in [0.2, 0.25) is 0 Å². The molecule has 0 aromatic carbocycles. The maximum Gasteiger partial charge on any atom is 0.119 e. The minimum atomic E-state index is 0.847. The van der Waals surface area contributed by atoms with Crippen molar-refractivity contribution in [3.05, 3.63) is 17.8 Å². The first kappa shape index (κ1) is 10.9. The molecule has 2 heterocycles. The molecule has 82 valence electrons. The van der Waals surface area contributed by atoms with Gasteiger partial charge in [-0.2, -0.15) is 5.10 Å². The van der Waals surface area contributed by atoms with Crippen molar-refractivity contribution in [1.82, 2.24) is 15.5 Å². The lowest BCUT2D eigenvalue weighted by atomic mass is 10.0. The third kappa shape index (κ3) is 3.47. The molecular formula is C11H17N3S. The van der Waals surface area contributed by atoms with Crippen LogP contribution in [0, 0.1) is 12.8 Å². The van der Waals surface area contributed by atoms with Gasteiger partial charge in [-0.05, 0) is 50.9 Å². The summed E-state index contributed by atoms with van der Waals surface area (Å²) in [6.07, 6.45) is 2.60. The Balaban J connectivity index is 1.79. The first-order valence-corrected chi connectivity index (χ1v) is 6.47. The number of hydrogen-bond donors (Lipinski definition) is 1. The zero-order valence-electron chi connectivity index (χ0n) is 9.07.